The summed E-state index contributed by atoms with van der Waals surface area (Å²) in [5, 5.41) is 3.87. The summed E-state index contributed by atoms with van der Waals surface area (Å²) in [6.07, 6.45) is 2.04. The molecule has 2 atom stereocenters. The van der Waals surface area contributed by atoms with Crippen LogP contribution < -0.4 is 14.8 Å². The van der Waals surface area contributed by atoms with Crippen molar-refractivity contribution in [1.82, 2.24) is 10.2 Å². The Labute approximate surface area is 212 Å². The number of ether oxygens (including phenoxy) is 2. The summed E-state index contributed by atoms with van der Waals surface area (Å²) in [7, 11) is 3.16. The second-order valence-electron chi connectivity index (χ2n) is 8.20. The SMILES string of the molecule is CC[C@@H](C)NC(=O)[C@@H](CC)N(Cc1ccc(Cl)c(Cl)c1)C(=O)CCc1ccc(OC)c(OC)c1. The van der Waals surface area contributed by atoms with E-state index in [0.717, 1.165) is 17.5 Å². The summed E-state index contributed by atoms with van der Waals surface area (Å²) >= 11 is 12.3. The number of amides is 2. The van der Waals surface area contributed by atoms with Crippen molar-refractivity contribution >= 4 is 35.0 Å². The lowest BCUT2D eigenvalue weighted by Gasteiger charge is -2.31. The number of nitrogens with zero attached hydrogens (tertiary/aromatic N) is 1. The quantitative estimate of drug-likeness (QED) is 0.401. The first-order valence-corrected chi connectivity index (χ1v) is 12.2. The van der Waals surface area contributed by atoms with Crippen molar-refractivity contribution in [3.63, 3.8) is 0 Å². The molecule has 0 aromatic heterocycles. The molecule has 0 saturated heterocycles. The number of hydrogen-bond acceptors (Lipinski definition) is 4. The minimum absolute atomic E-state index is 0.0234. The van der Waals surface area contributed by atoms with Crippen LogP contribution in [0.15, 0.2) is 36.4 Å². The fourth-order valence-electron chi connectivity index (χ4n) is 3.63. The van der Waals surface area contributed by atoms with Crippen LogP contribution in [0.4, 0.5) is 0 Å². The van der Waals surface area contributed by atoms with Gasteiger partial charge in [-0.05, 0) is 61.6 Å². The molecule has 2 aromatic carbocycles. The maximum Gasteiger partial charge on any atom is 0.243 e. The molecule has 0 heterocycles. The van der Waals surface area contributed by atoms with Crippen LogP contribution in [0.3, 0.4) is 0 Å². The minimum atomic E-state index is -0.596. The van der Waals surface area contributed by atoms with E-state index in [1.165, 1.54) is 0 Å². The van der Waals surface area contributed by atoms with Gasteiger partial charge in [0, 0.05) is 19.0 Å². The van der Waals surface area contributed by atoms with E-state index in [1.807, 2.05) is 45.0 Å². The molecule has 0 aliphatic rings. The van der Waals surface area contributed by atoms with Gasteiger partial charge in [0.25, 0.3) is 0 Å². The van der Waals surface area contributed by atoms with E-state index in [-0.39, 0.29) is 30.8 Å². The molecule has 0 radical (unpaired) electrons. The lowest BCUT2D eigenvalue weighted by molar-refractivity contribution is -0.141. The first-order chi connectivity index (χ1) is 16.2. The number of aryl methyl sites for hydroxylation is 1. The summed E-state index contributed by atoms with van der Waals surface area (Å²) in [5.41, 5.74) is 1.75. The van der Waals surface area contributed by atoms with Gasteiger partial charge in [0.1, 0.15) is 6.04 Å². The molecule has 6 nitrogen and oxygen atoms in total. The summed E-state index contributed by atoms with van der Waals surface area (Å²) < 4.78 is 10.7. The van der Waals surface area contributed by atoms with Crippen molar-refractivity contribution in [2.24, 2.45) is 0 Å². The smallest absolute Gasteiger partial charge is 0.243 e. The molecule has 0 spiro atoms. The standard InChI is InChI=1S/C26H34Cl2N2O4/c1-6-17(3)29-26(32)22(7-2)30(16-19-8-11-20(27)21(28)14-19)25(31)13-10-18-9-12-23(33-4)24(15-18)34-5/h8-9,11-12,14-15,17,22H,6-7,10,13,16H2,1-5H3,(H,29,32)/t17-,22-/m1/s1. The second-order valence-corrected chi connectivity index (χ2v) is 9.02. The monoisotopic (exact) mass is 508 g/mol. The minimum Gasteiger partial charge on any atom is -0.493 e. The Kier molecular flexibility index (Phi) is 11.0. The average molecular weight is 509 g/mol. The van der Waals surface area contributed by atoms with Gasteiger partial charge in [0.05, 0.1) is 24.3 Å². The summed E-state index contributed by atoms with van der Waals surface area (Å²) in [6.45, 7) is 6.12. The van der Waals surface area contributed by atoms with E-state index >= 15 is 0 Å². The van der Waals surface area contributed by atoms with Crippen LogP contribution in [-0.2, 0) is 22.6 Å². The third-order valence-electron chi connectivity index (χ3n) is 5.80. The molecular weight excluding hydrogens is 475 g/mol. The predicted octanol–water partition coefficient (Wildman–Crippen LogP) is 5.67. The zero-order valence-corrected chi connectivity index (χ0v) is 22.0. The van der Waals surface area contributed by atoms with E-state index in [2.05, 4.69) is 5.32 Å². The molecule has 0 aliphatic carbocycles. The molecule has 186 valence electrons. The van der Waals surface area contributed by atoms with E-state index < -0.39 is 6.04 Å². The number of halogens is 2. The van der Waals surface area contributed by atoms with E-state index in [0.29, 0.717) is 34.4 Å². The summed E-state index contributed by atoms with van der Waals surface area (Å²) in [5.74, 6) is 0.967. The predicted molar refractivity (Wildman–Crippen MR) is 137 cm³/mol. The molecule has 8 heteroatoms. The van der Waals surface area contributed by atoms with Crippen LogP contribution in [0.25, 0.3) is 0 Å². The maximum absolute atomic E-state index is 13.4. The van der Waals surface area contributed by atoms with Crippen molar-refractivity contribution in [2.45, 2.75) is 65.1 Å². The fourth-order valence-corrected chi connectivity index (χ4v) is 3.95. The number of methoxy groups -OCH3 is 2. The molecule has 0 bridgehead atoms. The van der Waals surface area contributed by atoms with Gasteiger partial charge in [-0.15, -0.1) is 0 Å². The molecule has 2 rings (SSSR count). The molecule has 0 aliphatic heterocycles. The molecule has 1 N–H and O–H groups in total. The van der Waals surface area contributed by atoms with Gasteiger partial charge in [-0.25, -0.2) is 0 Å². The highest BCUT2D eigenvalue weighted by Crippen LogP contribution is 2.28. The zero-order valence-electron chi connectivity index (χ0n) is 20.5. The maximum atomic E-state index is 13.4. The van der Waals surface area contributed by atoms with Crippen LogP contribution >= 0.6 is 23.2 Å². The largest absolute Gasteiger partial charge is 0.493 e. The third-order valence-corrected chi connectivity index (χ3v) is 6.54. The number of nitrogens with one attached hydrogen (secondary N) is 1. The van der Waals surface area contributed by atoms with Gasteiger partial charge in [-0.1, -0.05) is 49.2 Å². The van der Waals surface area contributed by atoms with Crippen molar-refractivity contribution in [3.8, 4) is 11.5 Å². The van der Waals surface area contributed by atoms with Gasteiger partial charge in [0.15, 0.2) is 11.5 Å². The first kappa shape index (κ1) is 27.8. The normalized spacial score (nSPS) is 12.6. The molecule has 0 saturated carbocycles. The Morgan fingerprint density at radius 3 is 2.21 bits per heavy atom. The Balaban J connectivity index is 2.26. The van der Waals surface area contributed by atoms with Gasteiger partial charge in [-0.3, -0.25) is 9.59 Å². The van der Waals surface area contributed by atoms with E-state index in [4.69, 9.17) is 32.7 Å². The van der Waals surface area contributed by atoms with Crippen LogP contribution in [0.5, 0.6) is 11.5 Å². The lowest BCUT2D eigenvalue weighted by Crippen LogP contribution is -2.50. The van der Waals surface area contributed by atoms with Crippen molar-refractivity contribution in [3.05, 3.63) is 57.6 Å². The second kappa shape index (κ2) is 13.4. The highest BCUT2D eigenvalue weighted by molar-refractivity contribution is 6.42. The average Bonchev–Trinajstić information content (AvgIpc) is 2.84. The lowest BCUT2D eigenvalue weighted by atomic mass is 10.1. The topological polar surface area (TPSA) is 67.9 Å². The van der Waals surface area contributed by atoms with Gasteiger partial charge >= 0.3 is 0 Å². The van der Waals surface area contributed by atoms with Gasteiger partial charge in [-0.2, -0.15) is 0 Å². The van der Waals surface area contributed by atoms with Crippen molar-refractivity contribution < 1.29 is 19.1 Å². The Hall–Kier alpha value is -2.44. The highest BCUT2D eigenvalue weighted by atomic mass is 35.5. The summed E-state index contributed by atoms with van der Waals surface area (Å²) in [4.78, 5) is 28.1. The number of rotatable bonds is 12. The van der Waals surface area contributed by atoms with Crippen LogP contribution in [0.1, 0.15) is 51.2 Å². The van der Waals surface area contributed by atoms with Crippen molar-refractivity contribution in [1.29, 1.82) is 0 Å². The van der Waals surface area contributed by atoms with Crippen LogP contribution in [0.2, 0.25) is 10.0 Å². The number of carbonyl (C=O) groups excluding carboxylic acids is 2. The molecular formula is C26H34Cl2N2O4. The van der Waals surface area contributed by atoms with E-state index in [9.17, 15) is 9.59 Å². The van der Waals surface area contributed by atoms with Crippen molar-refractivity contribution in [2.75, 3.05) is 14.2 Å². The fraction of sp³-hybridized carbons (Fsp3) is 0.462. The molecule has 0 fully saturated rings. The Morgan fingerprint density at radius 1 is 0.941 bits per heavy atom. The summed E-state index contributed by atoms with van der Waals surface area (Å²) in [6, 6.07) is 10.3. The Bertz CT molecular complexity index is 983. The number of carbonyl (C=O) groups is 2. The first-order valence-electron chi connectivity index (χ1n) is 11.5. The van der Waals surface area contributed by atoms with Crippen LogP contribution in [0, 0.1) is 0 Å². The number of hydrogen-bond donors (Lipinski definition) is 1. The van der Waals surface area contributed by atoms with E-state index in [1.54, 1.807) is 31.3 Å². The molecule has 2 aromatic rings. The number of benzene rings is 2. The Morgan fingerprint density at radius 2 is 1.62 bits per heavy atom. The molecule has 2 amide bonds. The molecule has 0 unspecified atom stereocenters. The highest BCUT2D eigenvalue weighted by Gasteiger charge is 2.29. The van der Waals surface area contributed by atoms with Gasteiger partial charge < -0.3 is 19.7 Å². The van der Waals surface area contributed by atoms with Crippen LogP contribution in [-0.4, -0.2) is 43.0 Å². The third kappa shape index (κ3) is 7.54. The van der Waals surface area contributed by atoms with Gasteiger partial charge in [0.2, 0.25) is 11.8 Å². The zero-order chi connectivity index (χ0) is 25.3. The molecule has 34 heavy (non-hydrogen) atoms.